The van der Waals surface area contributed by atoms with Crippen LogP contribution >= 0.6 is 11.6 Å². The molecule has 0 saturated carbocycles. The largest absolute Gasteiger partial charge is 0.273 e. The van der Waals surface area contributed by atoms with Crippen molar-refractivity contribution < 1.29 is 14.0 Å². The van der Waals surface area contributed by atoms with Crippen molar-refractivity contribution in [3.05, 3.63) is 70.5 Å². The predicted molar refractivity (Wildman–Crippen MR) is 81.8 cm³/mol. The molecule has 0 fully saturated rings. The molecule has 2 aromatic rings. The Hall–Kier alpha value is -2.40. The summed E-state index contributed by atoms with van der Waals surface area (Å²) in [6.07, 6.45) is 0.648. The van der Waals surface area contributed by atoms with Gasteiger partial charge in [-0.1, -0.05) is 23.7 Å². The van der Waals surface area contributed by atoms with E-state index >= 15 is 0 Å². The van der Waals surface area contributed by atoms with Crippen LogP contribution in [-0.2, 0) is 11.2 Å². The van der Waals surface area contributed by atoms with Crippen molar-refractivity contribution in [1.82, 2.24) is 10.9 Å². The standard InChI is InChI=1S/C16H14ClFN2O2/c17-13-6-4-12(5-7-13)16(22)20-19-15(21)10-3-11-1-8-14(18)9-2-11/h1-2,4-9H,3,10H2,(H,19,21)(H,20,22). The molecule has 0 aliphatic carbocycles. The molecule has 6 heteroatoms. The Morgan fingerprint density at radius 1 is 0.955 bits per heavy atom. The van der Waals surface area contributed by atoms with E-state index < -0.39 is 5.91 Å². The molecule has 0 bridgehead atoms. The minimum Gasteiger partial charge on any atom is -0.273 e. The highest BCUT2D eigenvalue weighted by atomic mass is 35.5. The quantitative estimate of drug-likeness (QED) is 0.851. The molecule has 2 N–H and O–H groups in total. The Balaban J connectivity index is 1.76. The van der Waals surface area contributed by atoms with Crippen LogP contribution in [0.15, 0.2) is 48.5 Å². The average Bonchev–Trinajstić information content (AvgIpc) is 2.52. The summed E-state index contributed by atoms with van der Waals surface area (Å²) in [5, 5.41) is 0.528. The first-order valence-corrected chi connectivity index (χ1v) is 7.01. The van der Waals surface area contributed by atoms with Gasteiger partial charge in [0.2, 0.25) is 5.91 Å². The van der Waals surface area contributed by atoms with Crippen LogP contribution in [-0.4, -0.2) is 11.8 Å². The van der Waals surface area contributed by atoms with Crippen molar-refractivity contribution in [2.45, 2.75) is 12.8 Å². The summed E-state index contributed by atoms with van der Waals surface area (Å²) in [5.74, 6) is -1.07. The fraction of sp³-hybridized carbons (Fsp3) is 0.125. The molecule has 0 saturated heterocycles. The van der Waals surface area contributed by atoms with Gasteiger partial charge in [-0.25, -0.2) is 4.39 Å². The van der Waals surface area contributed by atoms with Crippen LogP contribution in [0.4, 0.5) is 4.39 Å². The highest BCUT2D eigenvalue weighted by molar-refractivity contribution is 6.30. The van der Waals surface area contributed by atoms with Crippen molar-refractivity contribution in [2.75, 3.05) is 0 Å². The molecule has 0 aliphatic rings. The van der Waals surface area contributed by atoms with E-state index in [0.29, 0.717) is 17.0 Å². The summed E-state index contributed by atoms with van der Waals surface area (Å²) < 4.78 is 12.7. The number of rotatable bonds is 4. The van der Waals surface area contributed by atoms with E-state index in [2.05, 4.69) is 10.9 Å². The van der Waals surface area contributed by atoms with E-state index in [-0.39, 0.29) is 18.1 Å². The van der Waals surface area contributed by atoms with Crippen LogP contribution in [0.5, 0.6) is 0 Å². The van der Waals surface area contributed by atoms with E-state index in [1.54, 1.807) is 36.4 Å². The maximum atomic E-state index is 12.7. The van der Waals surface area contributed by atoms with Gasteiger partial charge in [0.25, 0.3) is 5.91 Å². The lowest BCUT2D eigenvalue weighted by Gasteiger charge is -2.07. The Morgan fingerprint density at radius 3 is 2.23 bits per heavy atom. The molecule has 0 atom stereocenters. The number of halogens is 2. The van der Waals surface area contributed by atoms with E-state index in [0.717, 1.165) is 5.56 Å². The fourth-order valence-electron chi connectivity index (χ4n) is 1.77. The fourth-order valence-corrected chi connectivity index (χ4v) is 1.90. The first-order valence-electron chi connectivity index (χ1n) is 6.64. The molecule has 0 heterocycles. The van der Waals surface area contributed by atoms with E-state index in [1.165, 1.54) is 12.1 Å². The second kappa shape index (κ2) is 7.56. The topological polar surface area (TPSA) is 58.2 Å². The maximum Gasteiger partial charge on any atom is 0.269 e. The SMILES string of the molecule is O=C(CCc1ccc(F)cc1)NNC(=O)c1ccc(Cl)cc1. The number of hydrogen-bond donors (Lipinski definition) is 2. The van der Waals surface area contributed by atoms with Crippen molar-refractivity contribution in [1.29, 1.82) is 0 Å². The molecule has 0 aliphatic heterocycles. The van der Waals surface area contributed by atoms with Gasteiger partial charge in [-0.05, 0) is 48.4 Å². The summed E-state index contributed by atoms with van der Waals surface area (Å²) in [5.41, 5.74) is 5.89. The molecular weight excluding hydrogens is 307 g/mol. The molecular formula is C16H14ClFN2O2. The third kappa shape index (κ3) is 4.86. The van der Waals surface area contributed by atoms with Gasteiger partial charge in [0, 0.05) is 17.0 Å². The first kappa shape index (κ1) is 16.0. The molecule has 114 valence electrons. The molecule has 0 unspecified atom stereocenters. The van der Waals surface area contributed by atoms with Crippen LogP contribution in [0, 0.1) is 5.82 Å². The lowest BCUT2D eigenvalue weighted by atomic mass is 10.1. The van der Waals surface area contributed by atoms with Crippen molar-refractivity contribution in [3.63, 3.8) is 0 Å². The van der Waals surface area contributed by atoms with Gasteiger partial charge < -0.3 is 0 Å². The van der Waals surface area contributed by atoms with E-state index in [4.69, 9.17) is 11.6 Å². The molecule has 2 amide bonds. The zero-order valence-electron chi connectivity index (χ0n) is 11.6. The molecule has 2 rings (SSSR count). The van der Waals surface area contributed by atoms with Crippen LogP contribution in [0.2, 0.25) is 5.02 Å². The molecule has 4 nitrogen and oxygen atoms in total. The van der Waals surface area contributed by atoms with Crippen molar-refractivity contribution >= 4 is 23.4 Å². The lowest BCUT2D eigenvalue weighted by Crippen LogP contribution is -2.41. The maximum absolute atomic E-state index is 12.7. The Morgan fingerprint density at radius 2 is 1.59 bits per heavy atom. The number of benzene rings is 2. The Labute approximate surface area is 132 Å². The summed E-state index contributed by atoms with van der Waals surface area (Å²) >= 11 is 5.73. The molecule has 22 heavy (non-hydrogen) atoms. The smallest absolute Gasteiger partial charge is 0.269 e. The number of carbonyl (C=O) groups excluding carboxylic acids is 2. The van der Waals surface area contributed by atoms with Crippen LogP contribution in [0.3, 0.4) is 0 Å². The monoisotopic (exact) mass is 320 g/mol. The number of hydrazine groups is 1. The van der Waals surface area contributed by atoms with Crippen LogP contribution in [0.25, 0.3) is 0 Å². The second-order valence-electron chi connectivity index (χ2n) is 4.64. The Kier molecular flexibility index (Phi) is 5.49. The average molecular weight is 321 g/mol. The van der Waals surface area contributed by atoms with Gasteiger partial charge in [0.05, 0.1) is 0 Å². The summed E-state index contributed by atoms with van der Waals surface area (Å²) in [6.45, 7) is 0. The van der Waals surface area contributed by atoms with Gasteiger partial charge in [-0.15, -0.1) is 0 Å². The number of aryl methyl sites for hydroxylation is 1. The minimum atomic E-state index is -0.424. The summed E-state index contributed by atoms with van der Waals surface area (Å²) in [6, 6.07) is 12.2. The van der Waals surface area contributed by atoms with Crippen LogP contribution in [0.1, 0.15) is 22.3 Å². The van der Waals surface area contributed by atoms with Crippen molar-refractivity contribution in [2.24, 2.45) is 0 Å². The predicted octanol–water partition coefficient (Wildman–Crippen LogP) is 2.87. The number of nitrogens with one attached hydrogen (secondary N) is 2. The zero-order valence-corrected chi connectivity index (χ0v) is 12.4. The van der Waals surface area contributed by atoms with Gasteiger partial charge in [0.1, 0.15) is 5.82 Å². The highest BCUT2D eigenvalue weighted by Crippen LogP contribution is 2.09. The highest BCUT2D eigenvalue weighted by Gasteiger charge is 2.07. The molecule has 0 radical (unpaired) electrons. The third-order valence-electron chi connectivity index (χ3n) is 2.98. The second-order valence-corrected chi connectivity index (χ2v) is 5.07. The summed E-state index contributed by atoms with van der Waals surface area (Å²) in [4.78, 5) is 23.4. The molecule has 2 aromatic carbocycles. The normalized spacial score (nSPS) is 10.1. The van der Waals surface area contributed by atoms with Gasteiger partial charge in [-0.2, -0.15) is 0 Å². The molecule has 0 spiro atoms. The number of hydrogen-bond acceptors (Lipinski definition) is 2. The van der Waals surface area contributed by atoms with Gasteiger partial charge in [-0.3, -0.25) is 20.4 Å². The van der Waals surface area contributed by atoms with Gasteiger partial charge in [0.15, 0.2) is 0 Å². The van der Waals surface area contributed by atoms with E-state index in [9.17, 15) is 14.0 Å². The van der Waals surface area contributed by atoms with Crippen molar-refractivity contribution in [3.8, 4) is 0 Å². The molecule has 0 aromatic heterocycles. The zero-order chi connectivity index (χ0) is 15.9. The third-order valence-corrected chi connectivity index (χ3v) is 3.23. The Bertz CT molecular complexity index is 657. The van der Waals surface area contributed by atoms with E-state index in [1.807, 2.05) is 0 Å². The number of carbonyl (C=O) groups is 2. The first-order chi connectivity index (χ1) is 10.5. The lowest BCUT2D eigenvalue weighted by molar-refractivity contribution is -0.121. The van der Waals surface area contributed by atoms with Crippen LogP contribution < -0.4 is 10.9 Å². The summed E-state index contributed by atoms with van der Waals surface area (Å²) in [7, 11) is 0. The number of amides is 2. The van der Waals surface area contributed by atoms with Gasteiger partial charge >= 0.3 is 0 Å². The minimum absolute atomic E-state index is 0.187.